The molecule has 0 amide bonds. The lowest BCUT2D eigenvalue weighted by Gasteiger charge is -2.19. The monoisotopic (exact) mass is 273 g/mol. The average Bonchev–Trinajstić information content (AvgIpc) is 2.45. The first-order valence-corrected chi connectivity index (χ1v) is 6.82. The fraction of sp³-hybridized carbons (Fsp3) is 0.294. The molecule has 0 spiro atoms. The van der Waals surface area contributed by atoms with Crippen molar-refractivity contribution >= 4 is 0 Å². The van der Waals surface area contributed by atoms with Crippen LogP contribution in [0.5, 0.6) is 5.75 Å². The average molecular weight is 273 g/mol. The quantitative estimate of drug-likeness (QED) is 0.893. The Kier molecular flexibility index (Phi) is 4.74. The lowest BCUT2D eigenvalue weighted by molar-refractivity contribution is 0.339. The summed E-state index contributed by atoms with van der Waals surface area (Å²) in [7, 11) is 1.83. The molecule has 2 rings (SSSR count). The van der Waals surface area contributed by atoms with Crippen molar-refractivity contribution in [1.29, 1.82) is 0 Å². The third-order valence-electron chi connectivity index (χ3n) is 3.32. The molecular formula is C17H20FNO. The summed E-state index contributed by atoms with van der Waals surface area (Å²) in [6.45, 7) is 4.34. The summed E-state index contributed by atoms with van der Waals surface area (Å²) in [6.07, 6.45) is 0. The van der Waals surface area contributed by atoms with Gasteiger partial charge >= 0.3 is 0 Å². The van der Waals surface area contributed by atoms with E-state index in [0.717, 1.165) is 11.3 Å². The highest BCUT2D eigenvalue weighted by atomic mass is 19.1. The van der Waals surface area contributed by atoms with Crippen LogP contribution in [0.25, 0.3) is 0 Å². The Labute approximate surface area is 119 Å². The molecule has 0 bridgehead atoms. The van der Waals surface area contributed by atoms with Crippen molar-refractivity contribution in [2.75, 3.05) is 13.7 Å². The van der Waals surface area contributed by atoms with Gasteiger partial charge in [0.1, 0.15) is 11.6 Å². The highest BCUT2D eigenvalue weighted by Crippen LogP contribution is 2.27. The van der Waals surface area contributed by atoms with Crippen molar-refractivity contribution in [3.8, 4) is 5.75 Å². The van der Waals surface area contributed by atoms with E-state index in [1.165, 1.54) is 0 Å². The Balaban J connectivity index is 2.41. The standard InChI is InChI=1S/C17H20FNO/c1-4-20-14-9-6-8-13(11-14)17(19-3)15-10-5-7-12(2)16(15)18/h5-11,17,19H,4H2,1-3H3. The third kappa shape index (κ3) is 2.99. The van der Waals surface area contributed by atoms with Gasteiger partial charge in [-0.2, -0.15) is 0 Å². The van der Waals surface area contributed by atoms with Gasteiger partial charge in [0.15, 0.2) is 0 Å². The van der Waals surface area contributed by atoms with Gasteiger partial charge in [0.25, 0.3) is 0 Å². The number of hydrogen-bond donors (Lipinski definition) is 1. The Morgan fingerprint density at radius 1 is 1.20 bits per heavy atom. The summed E-state index contributed by atoms with van der Waals surface area (Å²) in [4.78, 5) is 0. The molecule has 2 aromatic rings. The van der Waals surface area contributed by atoms with E-state index in [-0.39, 0.29) is 11.9 Å². The van der Waals surface area contributed by atoms with Crippen molar-refractivity contribution in [2.45, 2.75) is 19.9 Å². The van der Waals surface area contributed by atoms with E-state index < -0.39 is 0 Å². The van der Waals surface area contributed by atoms with E-state index in [4.69, 9.17) is 4.74 Å². The van der Waals surface area contributed by atoms with Crippen molar-refractivity contribution in [3.05, 3.63) is 65.0 Å². The Hall–Kier alpha value is -1.87. The second kappa shape index (κ2) is 6.53. The van der Waals surface area contributed by atoms with Crippen LogP contribution in [0.1, 0.15) is 29.7 Å². The minimum Gasteiger partial charge on any atom is -0.494 e. The molecule has 1 N–H and O–H groups in total. The van der Waals surface area contributed by atoms with Crippen molar-refractivity contribution in [1.82, 2.24) is 5.32 Å². The Morgan fingerprint density at radius 2 is 1.95 bits per heavy atom. The van der Waals surface area contributed by atoms with E-state index >= 15 is 0 Å². The molecule has 106 valence electrons. The number of ether oxygens (including phenoxy) is 1. The number of aryl methyl sites for hydroxylation is 1. The smallest absolute Gasteiger partial charge is 0.131 e. The fourth-order valence-corrected chi connectivity index (χ4v) is 2.35. The predicted molar refractivity (Wildman–Crippen MR) is 79.7 cm³/mol. The summed E-state index contributed by atoms with van der Waals surface area (Å²) >= 11 is 0. The minimum absolute atomic E-state index is 0.159. The van der Waals surface area contributed by atoms with Crippen LogP contribution in [0.15, 0.2) is 42.5 Å². The number of benzene rings is 2. The summed E-state index contributed by atoms with van der Waals surface area (Å²) < 4.78 is 19.8. The van der Waals surface area contributed by atoms with Gasteiger partial charge in [-0.05, 0) is 44.2 Å². The van der Waals surface area contributed by atoms with Crippen molar-refractivity contribution < 1.29 is 9.13 Å². The Bertz CT molecular complexity index is 583. The molecule has 3 heteroatoms. The maximum absolute atomic E-state index is 14.3. The summed E-state index contributed by atoms with van der Waals surface area (Å²) in [5, 5.41) is 3.18. The first kappa shape index (κ1) is 14.5. The van der Waals surface area contributed by atoms with Crippen LogP contribution < -0.4 is 10.1 Å². The van der Waals surface area contributed by atoms with E-state index in [1.54, 1.807) is 13.0 Å². The molecule has 2 nitrogen and oxygen atoms in total. The maximum Gasteiger partial charge on any atom is 0.131 e. The van der Waals surface area contributed by atoms with E-state index in [0.29, 0.717) is 17.7 Å². The van der Waals surface area contributed by atoms with Gasteiger partial charge in [0.2, 0.25) is 0 Å². The molecule has 1 unspecified atom stereocenters. The van der Waals surface area contributed by atoms with Crippen molar-refractivity contribution in [3.63, 3.8) is 0 Å². The molecule has 0 saturated heterocycles. The maximum atomic E-state index is 14.3. The normalized spacial score (nSPS) is 12.2. The fourth-order valence-electron chi connectivity index (χ4n) is 2.35. The molecular weight excluding hydrogens is 253 g/mol. The summed E-state index contributed by atoms with van der Waals surface area (Å²) in [5.74, 6) is 0.645. The zero-order valence-electron chi connectivity index (χ0n) is 12.1. The van der Waals surface area contributed by atoms with E-state index in [9.17, 15) is 4.39 Å². The summed E-state index contributed by atoms with van der Waals surface area (Å²) in [5.41, 5.74) is 2.30. The number of rotatable bonds is 5. The zero-order chi connectivity index (χ0) is 14.5. The molecule has 0 aliphatic heterocycles. The molecule has 0 saturated carbocycles. The van der Waals surface area contributed by atoms with Gasteiger partial charge in [0, 0.05) is 5.56 Å². The minimum atomic E-state index is -0.185. The van der Waals surface area contributed by atoms with Gasteiger partial charge in [0.05, 0.1) is 12.6 Å². The van der Waals surface area contributed by atoms with Gasteiger partial charge < -0.3 is 10.1 Å². The SMILES string of the molecule is CCOc1cccc(C(NC)c2cccc(C)c2F)c1. The van der Waals surface area contributed by atoms with Crippen LogP contribution in [-0.4, -0.2) is 13.7 Å². The molecule has 1 atom stereocenters. The Morgan fingerprint density at radius 3 is 2.65 bits per heavy atom. The van der Waals surface area contributed by atoms with Gasteiger partial charge in [-0.1, -0.05) is 30.3 Å². The van der Waals surface area contributed by atoms with E-state index in [2.05, 4.69) is 5.32 Å². The third-order valence-corrected chi connectivity index (χ3v) is 3.32. The van der Waals surface area contributed by atoms with Crippen LogP contribution >= 0.6 is 0 Å². The van der Waals surface area contributed by atoms with Crippen LogP contribution in [0.4, 0.5) is 4.39 Å². The van der Waals surface area contributed by atoms with Crippen LogP contribution in [0.2, 0.25) is 0 Å². The second-order valence-electron chi connectivity index (χ2n) is 4.71. The summed E-state index contributed by atoms with van der Waals surface area (Å²) in [6, 6.07) is 13.1. The molecule has 2 aromatic carbocycles. The first-order valence-electron chi connectivity index (χ1n) is 6.82. The zero-order valence-corrected chi connectivity index (χ0v) is 12.1. The molecule has 0 aromatic heterocycles. The predicted octanol–water partition coefficient (Wildman–Crippen LogP) is 3.84. The van der Waals surface area contributed by atoms with Crippen LogP contribution in [-0.2, 0) is 0 Å². The first-order chi connectivity index (χ1) is 9.67. The molecule has 0 aliphatic rings. The number of halogens is 1. The molecule has 0 aliphatic carbocycles. The molecule has 20 heavy (non-hydrogen) atoms. The highest BCUT2D eigenvalue weighted by molar-refractivity contribution is 5.38. The molecule has 0 radical (unpaired) electrons. The largest absolute Gasteiger partial charge is 0.494 e. The lowest BCUT2D eigenvalue weighted by atomic mass is 9.96. The van der Waals surface area contributed by atoms with Gasteiger partial charge in [-0.25, -0.2) is 4.39 Å². The number of nitrogens with one attached hydrogen (secondary N) is 1. The topological polar surface area (TPSA) is 21.3 Å². The number of hydrogen-bond acceptors (Lipinski definition) is 2. The molecule has 0 fully saturated rings. The van der Waals surface area contributed by atoms with Crippen molar-refractivity contribution in [2.24, 2.45) is 0 Å². The van der Waals surface area contributed by atoms with Gasteiger partial charge in [-0.3, -0.25) is 0 Å². The van der Waals surface area contributed by atoms with E-state index in [1.807, 2.05) is 50.4 Å². The molecule has 0 heterocycles. The lowest BCUT2D eigenvalue weighted by Crippen LogP contribution is -2.19. The van der Waals surface area contributed by atoms with Crippen LogP contribution in [0, 0.1) is 12.7 Å². The van der Waals surface area contributed by atoms with Crippen LogP contribution in [0.3, 0.4) is 0 Å². The highest BCUT2D eigenvalue weighted by Gasteiger charge is 2.17. The van der Waals surface area contributed by atoms with Gasteiger partial charge in [-0.15, -0.1) is 0 Å². The second-order valence-corrected chi connectivity index (χ2v) is 4.71.